The van der Waals surface area contributed by atoms with E-state index in [0.717, 1.165) is 11.8 Å². The third-order valence-electron chi connectivity index (χ3n) is 4.82. The predicted molar refractivity (Wildman–Crippen MR) is 112 cm³/mol. The maximum absolute atomic E-state index is 13.0. The van der Waals surface area contributed by atoms with Crippen molar-refractivity contribution in [3.63, 3.8) is 0 Å². The number of hydrogen-bond acceptors (Lipinski definition) is 6. The standard InChI is InChI=1S/C20H24N2O6S2/c1-13(2)28-19-9-8-17(29(3,24)25)10-18(19)20(23)22-11-15(12-22)14-4-6-16(7-5-14)30(21,26)27/h4-10,13,15H,11-12H2,1-3H3,(H2,21,26,27). The number of benzene rings is 2. The van der Waals surface area contributed by atoms with E-state index < -0.39 is 19.9 Å². The third kappa shape index (κ3) is 4.82. The quantitative estimate of drug-likeness (QED) is 0.712. The highest BCUT2D eigenvalue weighted by atomic mass is 32.2. The van der Waals surface area contributed by atoms with Gasteiger partial charge < -0.3 is 9.64 Å². The van der Waals surface area contributed by atoms with Crippen LogP contribution in [-0.4, -0.2) is 53.1 Å². The Labute approximate surface area is 176 Å². The first kappa shape index (κ1) is 22.3. The van der Waals surface area contributed by atoms with Gasteiger partial charge in [0.15, 0.2) is 9.84 Å². The summed E-state index contributed by atoms with van der Waals surface area (Å²) in [6.07, 6.45) is 0.909. The van der Waals surface area contributed by atoms with E-state index in [0.29, 0.717) is 18.8 Å². The molecule has 0 aliphatic carbocycles. The van der Waals surface area contributed by atoms with Crippen LogP contribution in [0.1, 0.15) is 35.7 Å². The molecule has 1 aliphatic rings. The van der Waals surface area contributed by atoms with Crippen molar-refractivity contribution in [3.8, 4) is 5.75 Å². The Morgan fingerprint density at radius 2 is 1.60 bits per heavy atom. The zero-order valence-electron chi connectivity index (χ0n) is 16.9. The van der Waals surface area contributed by atoms with E-state index in [2.05, 4.69) is 0 Å². The van der Waals surface area contributed by atoms with Gasteiger partial charge in [-0.05, 0) is 49.7 Å². The van der Waals surface area contributed by atoms with Crippen molar-refractivity contribution in [2.24, 2.45) is 5.14 Å². The van der Waals surface area contributed by atoms with Crippen LogP contribution >= 0.6 is 0 Å². The van der Waals surface area contributed by atoms with E-state index in [1.165, 1.54) is 30.3 Å². The summed E-state index contributed by atoms with van der Waals surface area (Å²) < 4.78 is 52.3. The minimum atomic E-state index is -3.75. The molecule has 2 aromatic carbocycles. The lowest BCUT2D eigenvalue weighted by Crippen LogP contribution is -2.48. The summed E-state index contributed by atoms with van der Waals surface area (Å²) in [6, 6.07) is 10.5. The normalized spacial score (nSPS) is 15.2. The summed E-state index contributed by atoms with van der Waals surface area (Å²) in [4.78, 5) is 14.7. The van der Waals surface area contributed by atoms with Gasteiger partial charge in [-0.1, -0.05) is 12.1 Å². The monoisotopic (exact) mass is 452 g/mol. The molecule has 3 rings (SSSR count). The Morgan fingerprint density at radius 3 is 2.10 bits per heavy atom. The summed E-state index contributed by atoms with van der Waals surface area (Å²) >= 11 is 0. The average molecular weight is 453 g/mol. The highest BCUT2D eigenvalue weighted by molar-refractivity contribution is 7.90. The van der Waals surface area contributed by atoms with Crippen molar-refractivity contribution in [2.45, 2.75) is 35.7 Å². The first-order chi connectivity index (χ1) is 13.9. The van der Waals surface area contributed by atoms with Gasteiger partial charge >= 0.3 is 0 Å². The molecule has 8 nitrogen and oxygen atoms in total. The summed E-state index contributed by atoms with van der Waals surface area (Å²) in [6.45, 7) is 4.50. The van der Waals surface area contributed by atoms with Crippen LogP contribution in [0.5, 0.6) is 5.75 Å². The Kier molecular flexibility index (Phi) is 5.94. The SMILES string of the molecule is CC(C)Oc1ccc(S(C)(=O)=O)cc1C(=O)N1CC(c2ccc(S(N)(=O)=O)cc2)C1. The molecule has 1 saturated heterocycles. The van der Waals surface area contributed by atoms with Gasteiger partial charge in [0.25, 0.3) is 5.91 Å². The first-order valence-electron chi connectivity index (χ1n) is 9.29. The molecule has 0 spiro atoms. The number of likely N-dealkylation sites (tertiary alicyclic amines) is 1. The summed E-state index contributed by atoms with van der Waals surface area (Å²) in [5, 5.41) is 5.11. The summed E-state index contributed by atoms with van der Waals surface area (Å²) in [5.41, 5.74) is 1.10. The van der Waals surface area contributed by atoms with Gasteiger partial charge in [0.2, 0.25) is 10.0 Å². The van der Waals surface area contributed by atoms with E-state index >= 15 is 0 Å². The van der Waals surface area contributed by atoms with Crippen LogP contribution in [0, 0.1) is 0 Å². The molecule has 1 amide bonds. The van der Waals surface area contributed by atoms with Gasteiger partial charge in [0.05, 0.1) is 21.5 Å². The van der Waals surface area contributed by atoms with Crippen LogP contribution in [0.3, 0.4) is 0 Å². The Hall–Kier alpha value is -2.43. The molecule has 0 atom stereocenters. The Morgan fingerprint density at radius 1 is 1.03 bits per heavy atom. The zero-order valence-corrected chi connectivity index (χ0v) is 18.5. The second kappa shape index (κ2) is 8.01. The Balaban J connectivity index is 1.79. The van der Waals surface area contributed by atoms with E-state index in [-0.39, 0.29) is 33.3 Å². The number of amides is 1. The number of primary sulfonamides is 1. The summed E-state index contributed by atoms with van der Waals surface area (Å²) in [5.74, 6) is 0.0768. The molecule has 1 heterocycles. The fourth-order valence-electron chi connectivity index (χ4n) is 3.22. The minimum Gasteiger partial charge on any atom is -0.490 e. The third-order valence-corrected chi connectivity index (χ3v) is 6.86. The van der Waals surface area contributed by atoms with Crippen molar-refractivity contribution in [1.29, 1.82) is 0 Å². The van der Waals surface area contributed by atoms with Crippen LogP contribution < -0.4 is 9.88 Å². The van der Waals surface area contributed by atoms with Crippen molar-refractivity contribution >= 4 is 25.8 Å². The zero-order chi connectivity index (χ0) is 22.3. The number of carbonyl (C=O) groups excluding carboxylic acids is 1. The van der Waals surface area contributed by atoms with Gasteiger partial charge in [0.1, 0.15) is 5.75 Å². The number of sulfone groups is 1. The highest BCUT2D eigenvalue weighted by Gasteiger charge is 2.34. The lowest BCUT2D eigenvalue weighted by molar-refractivity contribution is 0.0596. The van der Waals surface area contributed by atoms with E-state index in [1.807, 2.05) is 13.8 Å². The van der Waals surface area contributed by atoms with Crippen molar-refractivity contribution in [2.75, 3.05) is 19.3 Å². The molecule has 2 N–H and O–H groups in total. The molecule has 162 valence electrons. The van der Waals surface area contributed by atoms with Crippen LogP contribution in [0.25, 0.3) is 0 Å². The molecule has 0 saturated carbocycles. The maximum atomic E-state index is 13.0. The molecule has 30 heavy (non-hydrogen) atoms. The van der Waals surface area contributed by atoms with Gasteiger partial charge in [-0.25, -0.2) is 22.0 Å². The predicted octanol–water partition coefficient (Wildman–Crippen LogP) is 1.76. The van der Waals surface area contributed by atoms with Gasteiger partial charge in [-0.3, -0.25) is 4.79 Å². The fourth-order valence-corrected chi connectivity index (χ4v) is 4.38. The van der Waals surface area contributed by atoms with Gasteiger partial charge in [-0.15, -0.1) is 0 Å². The lowest BCUT2D eigenvalue weighted by atomic mass is 9.91. The molecule has 1 fully saturated rings. The number of sulfonamides is 1. The molecule has 2 aromatic rings. The molecule has 0 aromatic heterocycles. The second-order valence-corrected chi connectivity index (χ2v) is 11.2. The molecule has 0 radical (unpaired) electrons. The van der Waals surface area contributed by atoms with Crippen LogP contribution in [0.2, 0.25) is 0 Å². The number of carbonyl (C=O) groups is 1. The topological polar surface area (TPSA) is 124 Å². The van der Waals surface area contributed by atoms with Crippen molar-refractivity contribution in [1.82, 2.24) is 4.90 Å². The average Bonchev–Trinajstić information content (AvgIpc) is 2.59. The van der Waals surface area contributed by atoms with E-state index in [9.17, 15) is 21.6 Å². The second-order valence-electron chi connectivity index (χ2n) is 7.62. The van der Waals surface area contributed by atoms with Crippen LogP contribution in [0.4, 0.5) is 0 Å². The number of rotatable bonds is 6. The van der Waals surface area contributed by atoms with Crippen LogP contribution in [0.15, 0.2) is 52.3 Å². The van der Waals surface area contributed by atoms with Crippen molar-refractivity contribution < 1.29 is 26.4 Å². The minimum absolute atomic E-state index is 0.0339. The van der Waals surface area contributed by atoms with Crippen molar-refractivity contribution in [3.05, 3.63) is 53.6 Å². The highest BCUT2D eigenvalue weighted by Crippen LogP contribution is 2.32. The Bertz CT molecular complexity index is 1170. The molecule has 0 bridgehead atoms. The largest absolute Gasteiger partial charge is 0.490 e. The van der Waals surface area contributed by atoms with Gasteiger partial charge in [0, 0.05) is 25.3 Å². The molecular weight excluding hydrogens is 428 g/mol. The number of nitrogens with two attached hydrogens (primary N) is 1. The summed E-state index contributed by atoms with van der Waals surface area (Å²) in [7, 11) is -7.23. The molecule has 10 heteroatoms. The van der Waals surface area contributed by atoms with E-state index in [4.69, 9.17) is 9.88 Å². The van der Waals surface area contributed by atoms with Gasteiger partial charge in [-0.2, -0.15) is 0 Å². The number of hydrogen-bond donors (Lipinski definition) is 1. The smallest absolute Gasteiger partial charge is 0.257 e. The maximum Gasteiger partial charge on any atom is 0.257 e. The molecular formula is C20H24N2O6S2. The van der Waals surface area contributed by atoms with E-state index in [1.54, 1.807) is 17.0 Å². The number of ether oxygens (including phenoxy) is 1. The molecule has 0 unspecified atom stereocenters. The molecule has 1 aliphatic heterocycles. The number of nitrogens with zero attached hydrogens (tertiary/aromatic N) is 1. The fraction of sp³-hybridized carbons (Fsp3) is 0.350. The first-order valence-corrected chi connectivity index (χ1v) is 12.7. The lowest BCUT2D eigenvalue weighted by Gasteiger charge is -2.40. The van der Waals surface area contributed by atoms with Crippen LogP contribution in [-0.2, 0) is 19.9 Å².